The Bertz CT molecular complexity index is 1420. The van der Waals surface area contributed by atoms with Gasteiger partial charge in [-0.1, -0.05) is 72.8 Å². The van der Waals surface area contributed by atoms with Crippen LogP contribution in [0.15, 0.2) is 78.9 Å². The third-order valence-electron chi connectivity index (χ3n) is 7.78. The molecular formula is C33H35NO3. The molecule has 0 saturated carbocycles. The normalized spacial score (nSPS) is 17.0. The molecule has 0 fully saturated rings. The Kier molecular flexibility index (Phi) is 7.29. The van der Waals surface area contributed by atoms with E-state index in [2.05, 4.69) is 66.5 Å². The van der Waals surface area contributed by atoms with Crippen LogP contribution in [0.3, 0.4) is 0 Å². The van der Waals surface area contributed by atoms with E-state index in [1.165, 1.54) is 16.3 Å². The van der Waals surface area contributed by atoms with Gasteiger partial charge >= 0.3 is 5.97 Å². The van der Waals surface area contributed by atoms with Crippen molar-refractivity contribution < 1.29 is 14.6 Å². The molecule has 1 heterocycles. The van der Waals surface area contributed by atoms with E-state index < -0.39 is 5.97 Å². The van der Waals surface area contributed by atoms with Crippen LogP contribution in [-0.4, -0.2) is 35.7 Å². The fourth-order valence-electron chi connectivity index (χ4n) is 5.92. The number of aromatic carboxylic acids is 1. The summed E-state index contributed by atoms with van der Waals surface area (Å²) in [6.45, 7) is 5.72. The van der Waals surface area contributed by atoms with Crippen LogP contribution >= 0.6 is 0 Å². The summed E-state index contributed by atoms with van der Waals surface area (Å²) in [5.74, 6) is 0.190. The lowest BCUT2D eigenvalue weighted by Gasteiger charge is -2.34. The van der Waals surface area contributed by atoms with Gasteiger partial charge in [-0.05, 0) is 85.8 Å². The number of carbonyl (C=O) groups is 1. The van der Waals surface area contributed by atoms with Crippen molar-refractivity contribution in [1.29, 1.82) is 0 Å². The molecule has 1 N–H and O–H groups in total. The van der Waals surface area contributed by atoms with Gasteiger partial charge in [-0.2, -0.15) is 0 Å². The van der Waals surface area contributed by atoms with Crippen molar-refractivity contribution in [3.05, 3.63) is 112 Å². The summed E-state index contributed by atoms with van der Waals surface area (Å²) >= 11 is 0. The summed E-state index contributed by atoms with van der Waals surface area (Å²) in [6.07, 6.45) is 2.95. The van der Waals surface area contributed by atoms with Gasteiger partial charge in [0.25, 0.3) is 0 Å². The number of carboxylic acids is 1. The van der Waals surface area contributed by atoms with Crippen molar-refractivity contribution in [3.63, 3.8) is 0 Å². The molecule has 4 heteroatoms. The minimum Gasteiger partial charge on any atom is -0.490 e. The first-order valence-electron chi connectivity index (χ1n) is 13.2. The third-order valence-corrected chi connectivity index (χ3v) is 7.78. The van der Waals surface area contributed by atoms with Gasteiger partial charge in [0, 0.05) is 18.0 Å². The molecule has 0 radical (unpaired) electrons. The number of rotatable bonds is 8. The van der Waals surface area contributed by atoms with Crippen LogP contribution in [0.25, 0.3) is 10.8 Å². The van der Waals surface area contributed by atoms with Crippen molar-refractivity contribution in [2.24, 2.45) is 0 Å². The number of hydrogen-bond acceptors (Lipinski definition) is 3. The molecule has 0 saturated heterocycles. The Hall–Kier alpha value is -3.63. The predicted octanol–water partition coefficient (Wildman–Crippen LogP) is 7.35. The number of benzene rings is 4. The van der Waals surface area contributed by atoms with Crippen molar-refractivity contribution >= 4 is 16.7 Å². The van der Waals surface area contributed by atoms with Crippen LogP contribution in [0.1, 0.15) is 63.4 Å². The number of nitrogens with zero attached hydrogens (tertiary/aromatic N) is 1. The van der Waals surface area contributed by atoms with Crippen LogP contribution in [0.4, 0.5) is 0 Å². The van der Waals surface area contributed by atoms with Gasteiger partial charge in [-0.15, -0.1) is 0 Å². The second-order valence-electron chi connectivity index (χ2n) is 10.4. The average Bonchev–Trinajstić information content (AvgIpc) is 2.88. The summed E-state index contributed by atoms with van der Waals surface area (Å²) in [6, 6.07) is 27.4. The van der Waals surface area contributed by atoms with E-state index in [1.54, 1.807) is 0 Å². The highest BCUT2D eigenvalue weighted by Crippen LogP contribution is 2.43. The van der Waals surface area contributed by atoms with E-state index in [9.17, 15) is 9.90 Å². The zero-order valence-electron chi connectivity index (χ0n) is 21.9. The molecule has 0 aliphatic carbocycles. The Morgan fingerprint density at radius 3 is 2.54 bits per heavy atom. The van der Waals surface area contributed by atoms with E-state index in [4.69, 9.17) is 4.74 Å². The molecule has 2 atom stereocenters. The predicted molar refractivity (Wildman–Crippen MR) is 150 cm³/mol. The lowest BCUT2D eigenvalue weighted by Crippen LogP contribution is -2.28. The van der Waals surface area contributed by atoms with Crippen molar-refractivity contribution in [1.82, 2.24) is 4.90 Å². The second kappa shape index (κ2) is 10.8. The Morgan fingerprint density at radius 2 is 1.70 bits per heavy atom. The number of hydrogen-bond donors (Lipinski definition) is 1. The lowest BCUT2D eigenvalue weighted by atomic mass is 9.80. The molecule has 0 aromatic heterocycles. The summed E-state index contributed by atoms with van der Waals surface area (Å²) < 4.78 is 6.45. The number of aryl methyl sites for hydroxylation is 1. The molecule has 4 nitrogen and oxygen atoms in total. The highest BCUT2D eigenvalue weighted by molar-refractivity contribution is 5.91. The third kappa shape index (κ3) is 5.26. The smallest absolute Gasteiger partial charge is 0.336 e. The Labute approximate surface area is 219 Å². The van der Waals surface area contributed by atoms with Crippen LogP contribution in [0, 0.1) is 13.8 Å². The molecule has 190 valence electrons. The van der Waals surface area contributed by atoms with Gasteiger partial charge in [-0.3, -0.25) is 0 Å². The molecule has 4 aromatic carbocycles. The van der Waals surface area contributed by atoms with Gasteiger partial charge in [0.05, 0.1) is 11.7 Å². The van der Waals surface area contributed by atoms with Gasteiger partial charge in [0.2, 0.25) is 0 Å². The second-order valence-corrected chi connectivity index (χ2v) is 10.4. The summed E-state index contributed by atoms with van der Waals surface area (Å²) in [4.78, 5) is 14.4. The summed E-state index contributed by atoms with van der Waals surface area (Å²) in [5, 5.41) is 12.4. The maximum absolute atomic E-state index is 12.0. The van der Waals surface area contributed by atoms with Crippen molar-refractivity contribution in [2.75, 3.05) is 13.6 Å². The largest absolute Gasteiger partial charge is 0.490 e. The zero-order valence-corrected chi connectivity index (χ0v) is 21.9. The fraction of sp³-hybridized carbons (Fsp3) is 0.303. The molecule has 1 aliphatic heterocycles. The van der Waals surface area contributed by atoms with E-state index in [0.29, 0.717) is 5.56 Å². The molecule has 37 heavy (non-hydrogen) atoms. The van der Waals surface area contributed by atoms with Gasteiger partial charge in [0.15, 0.2) is 0 Å². The minimum absolute atomic E-state index is 0.0971. The van der Waals surface area contributed by atoms with Gasteiger partial charge < -0.3 is 14.7 Å². The monoisotopic (exact) mass is 493 g/mol. The fourth-order valence-corrected chi connectivity index (χ4v) is 5.92. The van der Waals surface area contributed by atoms with E-state index in [0.717, 1.165) is 60.4 Å². The van der Waals surface area contributed by atoms with Crippen molar-refractivity contribution in [2.45, 2.75) is 51.7 Å². The highest BCUT2D eigenvalue weighted by atomic mass is 16.5. The van der Waals surface area contributed by atoms with E-state index in [1.807, 2.05) is 38.1 Å². The molecule has 5 rings (SSSR count). The maximum atomic E-state index is 12.0. The van der Waals surface area contributed by atoms with Crippen LogP contribution in [-0.2, 0) is 6.54 Å². The zero-order chi connectivity index (χ0) is 25.9. The van der Waals surface area contributed by atoms with Crippen molar-refractivity contribution in [3.8, 4) is 5.75 Å². The summed E-state index contributed by atoms with van der Waals surface area (Å²) in [5.41, 5.74) is 5.69. The van der Waals surface area contributed by atoms with Gasteiger partial charge in [0.1, 0.15) is 5.75 Å². The molecule has 0 bridgehead atoms. The highest BCUT2D eigenvalue weighted by Gasteiger charge is 2.31. The first-order chi connectivity index (χ1) is 17.9. The van der Waals surface area contributed by atoms with Gasteiger partial charge in [-0.25, -0.2) is 4.79 Å². The molecular weight excluding hydrogens is 458 g/mol. The first kappa shape index (κ1) is 25.0. The maximum Gasteiger partial charge on any atom is 0.336 e. The van der Waals surface area contributed by atoms with Crippen LogP contribution < -0.4 is 4.74 Å². The standard InChI is InChI=1S/C33H35NO3/c1-22-17-18-27(23(2)32(22)33(35)36)30-20-26(37-31-16-7-6-15-29(30)31)13-9-19-34(3)21-25-12-8-11-24-10-4-5-14-28(24)25/h4-8,10-12,14-18,26,30H,9,13,19-21H2,1-3H3,(H,35,36). The van der Waals surface area contributed by atoms with Crippen LogP contribution in [0.2, 0.25) is 0 Å². The molecule has 1 aliphatic rings. The number of para-hydroxylation sites is 1. The van der Waals surface area contributed by atoms with Crippen LogP contribution in [0.5, 0.6) is 5.75 Å². The number of ether oxygens (including phenoxy) is 1. The van der Waals surface area contributed by atoms with E-state index >= 15 is 0 Å². The Morgan fingerprint density at radius 1 is 0.946 bits per heavy atom. The minimum atomic E-state index is -0.858. The molecule has 0 amide bonds. The molecule has 4 aromatic rings. The number of fused-ring (bicyclic) bond motifs is 2. The SMILES string of the molecule is Cc1ccc(C2CC(CCCN(C)Cc3cccc4ccccc34)Oc3ccccc32)c(C)c1C(=O)O. The quantitative estimate of drug-likeness (QED) is 0.279. The molecule has 2 unspecified atom stereocenters. The Balaban J connectivity index is 1.29. The molecule has 0 spiro atoms. The first-order valence-corrected chi connectivity index (χ1v) is 13.2. The topological polar surface area (TPSA) is 49.8 Å². The van der Waals surface area contributed by atoms with E-state index in [-0.39, 0.29) is 12.0 Å². The summed E-state index contributed by atoms with van der Waals surface area (Å²) in [7, 11) is 2.19. The number of carboxylic acid groups (broad SMARTS) is 1. The lowest BCUT2D eigenvalue weighted by molar-refractivity contribution is 0.0695. The average molecular weight is 494 g/mol.